The molecule has 1 amide bonds. The molecule has 0 fully saturated rings. The van der Waals surface area contributed by atoms with Crippen LogP contribution in [0.2, 0.25) is 0 Å². The highest BCUT2D eigenvalue weighted by Gasteiger charge is 2.03. The molecule has 0 bridgehead atoms. The minimum atomic E-state index is 0.170. The summed E-state index contributed by atoms with van der Waals surface area (Å²) in [5.41, 5.74) is 2.92. The maximum absolute atomic E-state index is 11.7. The molecule has 0 unspecified atom stereocenters. The first kappa shape index (κ1) is 22.4. The zero-order chi connectivity index (χ0) is 17.2. The van der Waals surface area contributed by atoms with Gasteiger partial charge in [0, 0.05) is 20.0 Å². The van der Waals surface area contributed by atoms with Gasteiger partial charge in [-0.25, -0.2) is 5.01 Å². The molecule has 0 aliphatic rings. The molecule has 0 rings (SSSR count). The third kappa shape index (κ3) is 17.6. The molecule has 0 spiro atoms. The van der Waals surface area contributed by atoms with Crippen molar-refractivity contribution in [2.75, 3.05) is 13.6 Å². The fourth-order valence-electron chi connectivity index (χ4n) is 2.96. The lowest BCUT2D eigenvalue weighted by molar-refractivity contribution is -0.125. The number of hydrazine groups is 1. The SMILES string of the molecule is CCCCCCCCCCCCCCCC(=O)NN(C)CCC. The summed E-state index contributed by atoms with van der Waals surface area (Å²) in [6, 6.07) is 0. The first-order valence-corrected chi connectivity index (χ1v) is 10.2. The van der Waals surface area contributed by atoms with Gasteiger partial charge in [0.2, 0.25) is 5.91 Å². The van der Waals surface area contributed by atoms with Gasteiger partial charge in [0.1, 0.15) is 0 Å². The first-order valence-electron chi connectivity index (χ1n) is 10.2. The Bertz CT molecular complexity index is 256. The first-order chi connectivity index (χ1) is 11.2. The van der Waals surface area contributed by atoms with E-state index in [4.69, 9.17) is 0 Å². The van der Waals surface area contributed by atoms with Crippen molar-refractivity contribution >= 4 is 5.91 Å². The van der Waals surface area contributed by atoms with E-state index in [0.29, 0.717) is 6.42 Å². The molecular formula is C20H42N2O. The van der Waals surface area contributed by atoms with Crippen molar-refractivity contribution in [3.8, 4) is 0 Å². The van der Waals surface area contributed by atoms with Crippen LogP contribution in [0.4, 0.5) is 0 Å². The molecule has 0 atom stereocenters. The molecule has 23 heavy (non-hydrogen) atoms. The molecular weight excluding hydrogens is 284 g/mol. The van der Waals surface area contributed by atoms with Gasteiger partial charge in [-0.05, 0) is 12.8 Å². The third-order valence-corrected chi connectivity index (χ3v) is 4.38. The number of hydrogen-bond donors (Lipinski definition) is 1. The second-order valence-electron chi connectivity index (χ2n) is 6.95. The molecule has 3 nitrogen and oxygen atoms in total. The predicted octanol–water partition coefficient (Wildman–Crippen LogP) is 5.84. The Morgan fingerprint density at radius 3 is 1.57 bits per heavy atom. The minimum absolute atomic E-state index is 0.170. The molecule has 0 aromatic heterocycles. The lowest BCUT2D eigenvalue weighted by atomic mass is 10.0. The Morgan fingerprint density at radius 2 is 1.13 bits per heavy atom. The third-order valence-electron chi connectivity index (χ3n) is 4.38. The summed E-state index contributed by atoms with van der Waals surface area (Å²) in [6.07, 6.45) is 19.3. The van der Waals surface area contributed by atoms with Crippen LogP contribution >= 0.6 is 0 Å². The van der Waals surface area contributed by atoms with Crippen LogP contribution in [-0.4, -0.2) is 24.5 Å². The molecule has 0 aliphatic carbocycles. The minimum Gasteiger partial charge on any atom is -0.289 e. The van der Waals surface area contributed by atoms with E-state index >= 15 is 0 Å². The number of amides is 1. The fourth-order valence-corrected chi connectivity index (χ4v) is 2.96. The van der Waals surface area contributed by atoms with Crippen molar-refractivity contribution in [1.82, 2.24) is 10.4 Å². The van der Waals surface area contributed by atoms with E-state index in [1.807, 2.05) is 12.1 Å². The van der Waals surface area contributed by atoms with Crippen LogP contribution in [0.3, 0.4) is 0 Å². The van der Waals surface area contributed by atoms with Crippen LogP contribution in [0.15, 0.2) is 0 Å². The molecule has 1 N–H and O–H groups in total. The van der Waals surface area contributed by atoms with Crippen molar-refractivity contribution in [2.24, 2.45) is 0 Å². The molecule has 0 saturated carbocycles. The number of unbranched alkanes of at least 4 members (excludes halogenated alkanes) is 12. The van der Waals surface area contributed by atoms with E-state index in [2.05, 4.69) is 19.3 Å². The summed E-state index contributed by atoms with van der Waals surface area (Å²) in [4.78, 5) is 11.7. The van der Waals surface area contributed by atoms with Crippen LogP contribution in [0.1, 0.15) is 110 Å². The monoisotopic (exact) mass is 326 g/mol. The van der Waals surface area contributed by atoms with Crippen LogP contribution < -0.4 is 5.43 Å². The van der Waals surface area contributed by atoms with Gasteiger partial charge in [0.25, 0.3) is 0 Å². The zero-order valence-electron chi connectivity index (χ0n) is 16.2. The Hall–Kier alpha value is -0.570. The Labute approximate surface area is 145 Å². The number of carbonyl (C=O) groups is 1. The molecule has 0 saturated heterocycles. The summed E-state index contributed by atoms with van der Waals surface area (Å²) in [5, 5.41) is 1.89. The van der Waals surface area contributed by atoms with Gasteiger partial charge >= 0.3 is 0 Å². The zero-order valence-corrected chi connectivity index (χ0v) is 16.2. The van der Waals surface area contributed by atoms with Gasteiger partial charge in [-0.3, -0.25) is 10.2 Å². The average molecular weight is 327 g/mol. The van der Waals surface area contributed by atoms with Gasteiger partial charge in [-0.15, -0.1) is 0 Å². The summed E-state index contributed by atoms with van der Waals surface area (Å²) >= 11 is 0. The van der Waals surface area contributed by atoms with E-state index < -0.39 is 0 Å². The molecule has 0 aromatic rings. The Kier molecular flexibility index (Phi) is 17.3. The van der Waals surface area contributed by atoms with Crippen LogP contribution in [-0.2, 0) is 4.79 Å². The molecule has 0 aliphatic heterocycles. The lowest BCUT2D eigenvalue weighted by Gasteiger charge is -2.16. The summed E-state index contributed by atoms with van der Waals surface area (Å²) in [7, 11) is 1.94. The topological polar surface area (TPSA) is 32.3 Å². The second-order valence-corrected chi connectivity index (χ2v) is 6.95. The van der Waals surface area contributed by atoms with Crippen LogP contribution in [0.5, 0.6) is 0 Å². The smallest absolute Gasteiger partial charge is 0.234 e. The quantitative estimate of drug-likeness (QED) is 0.269. The maximum atomic E-state index is 11.7. The number of hydrogen-bond acceptors (Lipinski definition) is 2. The second kappa shape index (κ2) is 17.8. The van der Waals surface area contributed by atoms with Crippen molar-refractivity contribution in [2.45, 2.75) is 110 Å². The van der Waals surface area contributed by atoms with Gasteiger partial charge < -0.3 is 0 Å². The molecule has 0 aromatic carbocycles. The normalized spacial score (nSPS) is 11.1. The largest absolute Gasteiger partial charge is 0.289 e. The number of carbonyl (C=O) groups excluding carboxylic acids is 1. The standard InChI is InChI=1S/C20H42N2O/c1-4-6-7-8-9-10-11-12-13-14-15-16-17-18-20(23)21-22(3)19-5-2/h4-19H2,1-3H3,(H,21,23). The van der Waals surface area contributed by atoms with E-state index in [1.165, 1.54) is 77.0 Å². The van der Waals surface area contributed by atoms with E-state index in [9.17, 15) is 4.79 Å². The van der Waals surface area contributed by atoms with E-state index in [0.717, 1.165) is 19.4 Å². The van der Waals surface area contributed by atoms with Crippen molar-refractivity contribution in [3.63, 3.8) is 0 Å². The van der Waals surface area contributed by atoms with Gasteiger partial charge in [-0.2, -0.15) is 0 Å². The summed E-state index contributed by atoms with van der Waals surface area (Å²) in [5.74, 6) is 0.170. The van der Waals surface area contributed by atoms with Crippen molar-refractivity contribution < 1.29 is 4.79 Å². The van der Waals surface area contributed by atoms with Crippen molar-refractivity contribution in [3.05, 3.63) is 0 Å². The van der Waals surface area contributed by atoms with Gasteiger partial charge in [0.15, 0.2) is 0 Å². The molecule has 138 valence electrons. The van der Waals surface area contributed by atoms with Gasteiger partial charge in [-0.1, -0.05) is 90.9 Å². The average Bonchev–Trinajstić information content (AvgIpc) is 2.52. The lowest BCUT2D eigenvalue weighted by Crippen LogP contribution is -2.39. The highest BCUT2D eigenvalue weighted by atomic mass is 16.2. The molecule has 0 heterocycles. The molecule has 0 radical (unpaired) electrons. The summed E-state index contributed by atoms with van der Waals surface area (Å²) in [6.45, 7) is 5.32. The molecule has 3 heteroatoms. The van der Waals surface area contributed by atoms with Crippen LogP contribution in [0.25, 0.3) is 0 Å². The Morgan fingerprint density at radius 1 is 0.696 bits per heavy atom. The highest BCUT2D eigenvalue weighted by Crippen LogP contribution is 2.12. The van der Waals surface area contributed by atoms with E-state index in [1.54, 1.807) is 0 Å². The van der Waals surface area contributed by atoms with Gasteiger partial charge in [0.05, 0.1) is 0 Å². The maximum Gasteiger partial charge on any atom is 0.234 e. The highest BCUT2D eigenvalue weighted by molar-refractivity contribution is 5.75. The van der Waals surface area contributed by atoms with E-state index in [-0.39, 0.29) is 5.91 Å². The number of nitrogens with zero attached hydrogens (tertiary/aromatic N) is 1. The van der Waals surface area contributed by atoms with Crippen LogP contribution in [0, 0.1) is 0 Å². The summed E-state index contributed by atoms with van der Waals surface area (Å²) < 4.78 is 0. The Balaban J connectivity index is 3.17. The predicted molar refractivity (Wildman–Crippen MR) is 101 cm³/mol. The fraction of sp³-hybridized carbons (Fsp3) is 0.950. The van der Waals surface area contributed by atoms with Crippen molar-refractivity contribution in [1.29, 1.82) is 0 Å². The number of nitrogens with one attached hydrogen (secondary N) is 1. The number of rotatable bonds is 17.